The average molecular weight is 347 g/mol. The summed E-state index contributed by atoms with van der Waals surface area (Å²) in [5, 5.41) is 10.9. The van der Waals surface area contributed by atoms with Crippen LogP contribution in [0.5, 0.6) is 0 Å². The van der Waals surface area contributed by atoms with Gasteiger partial charge in [-0.3, -0.25) is 9.69 Å². The Hall–Kier alpha value is -2.42. The van der Waals surface area contributed by atoms with Crippen LogP contribution < -0.4 is 5.32 Å². The van der Waals surface area contributed by atoms with Crippen LogP contribution in [-0.4, -0.2) is 94.0 Å². The van der Waals surface area contributed by atoms with Crippen molar-refractivity contribution >= 4 is 11.9 Å². The molecule has 9 heteroatoms. The van der Waals surface area contributed by atoms with E-state index in [0.29, 0.717) is 38.4 Å². The fraction of sp³-hybridized carbons (Fsp3) is 0.625. The lowest BCUT2D eigenvalue weighted by atomic mass is 10.1. The highest BCUT2D eigenvalue weighted by molar-refractivity contribution is 5.92. The maximum atomic E-state index is 12.6. The molecule has 25 heavy (non-hydrogen) atoms. The number of carbonyl (C=O) groups excluding carboxylic acids is 2. The predicted octanol–water partition coefficient (Wildman–Crippen LogP) is -0.192. The quantitative estimate of drug-likeness (QED) is 0.746. The molecule has 0 radical (unpaired) electrons. The van der Waals surface area contributed by atoms with Gasteiger partial charge in [0, 0.05) is 52.4 Å². The fourth-order valence-electron chi connectivity index (χ4n) is 3.08. The van der Waals surface area contributed by atoms with Gasteiger partial charge in [-0.15, -0.1) is 11.7 Å². The molecule has 0 bridgehead atoms. The minimum atomic E-state index is -0.0793. The van der Waals surface area contributed by atoms with E-state index in [0.717, 1.165) is 19.6 Å². The van der Waals surface area contributed by atoms with Crippen LogP contribution >= 0.6 is 0 Å². The van der Waals surface area contributed by atoms with Crippen molar-refractivity contribution in [3.05, 3.63) is 24.5 Å². The highest BCUT2D eigenvalue weighted by Crippen LogP contribution is 2.20. The normalized spacial score (nSPS) is 18.8. The van der Waals surface area contributed by atoms with E-state index in [1.54, 1.807) is 15.8 Å². The topological polar surface area (TPSA) is 86.6 Å². The van der Waals surface area contributed by atoms with Crippen LogP contribution in [0.1, 0.15) is 23.5 Å². The molecule has 0 aromatic carbocycles. The second-order valence-corrected chi connectivity index (χ2v) is 6.36. The third-order valence-electron chi connectivity index (χ3n) is 4.63. The number of nitrogens with one attached hydrogen (secondary N) is 1. The van der Waals surface area contributed by atoms with Gasteiger partial charge in [-0.1, -0.05) is 11.3 Å². The van der Waals surface area contributed by atoms with E-state index in [1.807, 2.05) is 17.9 Å². The number of hydrogen-bond donors (Lipinski definition) is 1. The van der Waals surface area contributed by atoms with E-state index in [2.05, 4.69) is 27.1 Å². The predicted molar refractivity (Wildman–Crippen MR) is 92.2 cm³/mol. The van der Waals surface area contributed by atoms with Gasteiger partial charge >= 0.3 is 6.03 Å². The van der Waals surface area contributed by atoms with Gasteiger partial charge in [-0.05, 0) is 6.92 Å². The van der Waals surface area contributed by atoms with E-state index in [9.17, 15) is 9.59 Å². The first-order valence-electron chi connectivity index (χ1n) is 8.69. The number of carbonyl (C=O) groups is 2. The third kappa shape index (κ3) is 3.81. The lowest BCUT2D eigenvalue weighted by molar-refractivity contribution is 0.0644. The number of amides is 3. The molecule has 2 saturated heterocycles. The van der Waals surface area contributed by atoms with Crippen LogP contribution in [0.25, 0.3) is 0 Å². The van der Waals surface area contributed by atoms with Gasteiger partial charge in [0.05, 0.1) is 12.2 Å². The summed E-state index contributed by atoms with van der Waals surface area (Å²) in [5.74, 6) is -0.0793. The highest BCUT2D eigenvalue weighted by Gasteiger charge is 2.33. The molecular formula is C16H25N7O2. The first kappa shape index (κ1) is 17.4. The van der Waals surface area contributed by atoms with E-state index < -0.39 is 0 Å². The van der Waals surface area contributed by atoms with Crippen molar-refractivity contribution in [2.45, 2.75) is 13.0 Å². The van der Waals surface area contributed by atoms with Crippen LogP contribution in [0.15, 0.2) is 18.9 Å². The highest BCUT2D eigenvalue weighted by atomic mass is 16.2. The summed E-state index contributed by atoms with van der Waals surface area (Å²) < 4.78 is 1.69. The van der Waals surface area contributed by atoms with Gasteiger partial charge in [0.1, 0.15) is 0 Å². The molecule has 136 valence electrons. The number of rotatable bonds is 5. The molecule has 2 aliphatic rings. The summed E-state index contributed by atoms with van der Waals surface area (Å²) in [5.41, 5.74) is 0.369. The van der Waals surface area contributed by atoms with Crippen molar-refractivity contribution < 1.29 is 9.59 Å². The molecule has 0 aliphatic carbocycles. The minimum Gasteiger partial charge on any atom is -0.338 e. The molecule has 0 unspecified atom stereocenters. The van der Waals surface area contributed by atoms with E-state index >= 15 is 0 Å². The van der Waals surface area contributed by atoms with Crippen molar-refractivity contribution in [2.75, 3.05) is 52.4 Å². The fourth-order valence-corrected chi connectivity index (χ4v) is 3.08. The summed E-state index contributed by atoms with van der Waals surface area (Å²) in [6.07, 6.45) is 3.57. The number of hydrogen-bond acceptors (Lipinski definition) is 5. The molecule has 1 aromatic rings. The Morgan fingerprint density at radius 2 is 2.00 bits per heavy atom. The molecule has 0 atom stereocenters. The monoisotopic (exact) mass is 347 g/mol. The van der Waals surface area contributed by atoms with Crippen molar-refractivity contribution in [1.82, 2.24) is 35.0 Å². The molecule has 3 heterocycles. The Kier molecular flexibility index (Phi) is 5.32. The summed E-state index contributed by atoms with van der Waals surface area (Å²) >= 11 is 0. The zero-order chi connectivity index (χ0) is 17.8. The molecule has 9 nitrogen and oxygen atoms in total. The van der Waals surface area contributed by atoms with Crippen LogP contribution in [-0.2, 0) is 0 Å². The van der Waals surface area contributed by atoms with Crippen molar-refractivity contribution in [3.8, 4) is 0 Å². The molecule has 0 spiro atoms. The molecule has 0 saturated carbocycles. The molecule has 1 N–H and O–H groups in total. The Balaban J connectivity index is 1.51. The van der Waals surface area contributed by atoms with E-state index in [4.69, 9.17) is 0 Å². The van der Waals surface area contributed by atoms with Crippen LogP contribution in [0, 0.1) is 0 Å². The van der Waals surface area contributed by atoms with Crippen LogP contribution in [0.2, 0.25) is 0 Å². The number of piperazine rings is 1. The maximum absolute atomic E-state index is 12.6. The number of nitrogens with zero attached hydrogens (tertiary/aromatic N) is 6. The maximum Gasteiger partial charge on any atom is 0.317 e. The van der Waals surface area contributed by atoms with Crippen molar-refractivity contribution in [1.29, 1.82) is 0 Å². The van der Waals surface area contributed by atoms with Gasteiger partial charge < -0.3 is 15.1 Å². The molecule has 3 rings (SSSR count). The molecule has 2 fully saturated rings. The van der Waals surface area contributed by atoms with Crippen molar-refractivity contribution in [2.24, 2.45) is 0 Å². The molecule has 2 aliphatic heterocycles. The Morgan fingerprint density at radius 1 is 1.28 bits per heavy atom. The molecular weight excluding hydrogens is 322 g/mol. The zero-order valence-corrected chi connectivity index (χ0v) is 14.6. The van der Waals surface area contributed by atoms with Crippen LogP contribution in [0.3, 0.4) is 0 Å². The smallest absolute Gasteiger partial charge is 0.317 e. The second-order valence-electron chi connectivity index (χ2n) is 6.36. The number of likely N-dealkylation sites (tertiary alicyclic amines) is 1. The van der Waals surface area contributed by atoms with Gasteiger partial charge in [-0.2, -0.15) is 0 Å². The summed E-state index contributed by atoms with van der Waals surface area (Å²) in [7, 11) is 0. The standard InChI is InChI=1S/C16H25N7O2/c1-3-5-20-6-8-21(9-7-20)15(24)14-12-23(19-18-14)13-10-22(11-13)16(25)17-4-2/h3,12-13H,1,4-11H2,2H3,(H,17,25). The van der Waals surface area contributed by atoms with Gasteiger partial charge in [0.2, 0.25) is 0 Å². The van der Waals surface area contributed by atoms with Gasteiger partial charge in [0.25, 0.3) is 5.91 Å². The molecule has 3 amide bonds. The largest absolute Gasteiger partial charge is 0.338 e. The SMILES string of the molecule is C=CCN1CCN(C(=O)c2cn(C3CN(C(=O)NCC)C3)nn2)CC1. The zero-order valence-electron chi connectivity index (χ0n) is 14.6. The Bertz CT molecular complexity index is 630. The number of aromatic nitrogens is 3. The Morgan fingerprint density at radius 3 is 2.64 bits per heavy atom. The second kappa shape index (κ2) is 7.64. The Labute approximate surface area is 147 Å². The average Bonchev–Trinajstić information content (AvgIpc) is 3.04. The lowest BCUT2D eigenvalue weighted by Crippen LogP contribution is -2.54. The summed E-state index contributed by atoms with van der Waals surface area (Å²) in [6, 6.07) is 0.0219. The minimum absolute atomic E-state index is 0.0624. The van der Waals surface area contributed by atoms with Gasteiger partial charge in [0.15, 0.2) is 5.69 Å². The lowest BCUT2D eigenvalue weighted by Gasteiger charge is -2.38. The molecule has 1 aromatic heterocycles. The van der Waals surface area contributed by atoms with Gasteiger partial charge in [-0.25, -0.2) is 9.48 Å². The van der Waals surface area contributed by atoms with Crippen LogP contribution in [0.4, 0.5) is 4.79 Å². The summed E-state index contributed by atoms with van der Waals surface area (Å²) in [4.78, 5) is 30.1. The third-order valence-corrected chi connectivity index (χ3v) is 4.63. The summed E-state index contributed by atoms with van der Waals surface area (Å²) in [6.45, 7) is 11.3. The first-order chi connectivity index (χ1) is 12.1. The van der Waals surface area contributed by atoms with E-state index in [-0.39, 0.29) is 18.0 Å². The van der Waals surface area contributed by atoms with E-state index in [1.165, 1.54) is 0 Å². The number of urea groups is 1. The first-order valence-corrected chi connectivity index (χ1v) is 8.69. The van der Waals surface area contributed by atoms with Crippen molar-refractivity contribution in [3.63, 3.8) is 0 Å².